The summed E-state index contributed by atoms with van der Waals surface area (Å²) in [5.41, 5.74) is 0.826. The Balaban J connectivity index is 1.72. The van der Waals surface area contributed by atoms with Crippen LogP contribution in [-0.2, 0) is 23.7 Å². The number of aromatic nitrogens is 4. The van der Waals surface area contributed by atoms with Crippen molar-refractivity contribution >= 4 is 10.0 Å². The molecule has 0 N–H and O–H groups in total. The van der Waals surface area contributed by atoms with E-state index in [2.05, 4.69) is 15.1 Å². The molecular formula is C18H21N5O3S. The molecule has 1 atom stereocenters. The van der Waals surface area contributed by atoms with Gasteiger partial charge >= 0.3 is 0 Å². The Bertz CT molecular complexity index is 987. The van der Waals surface area contributed by atoms with Crippen LogP contribution < -0.4 is 4.74 Å². The summed E-state index contributed by atoms with van der Waals surface area (Å²) in [5.74, 6) is 1.23. The second-order valence-corrected chi connectivity index (χ2v) is 8.04. The average molecular weight is 387 g/mol. The monoisotopic (exact) mass is 387 g/mol. The normalized spacial score (nSPS) is 12.9. The van der Waals surface area contributed by atoms with Crippen molar-refractivity contribution in [2.75, 3.05) is 7.05 Å². The van der Waals surface area contributed by atoms with E-state index in [1.807, 2.05) is 13.0 Å². The third-order valence-corrected chi connectivity index (χ3v) is 6.33. The zero-order valence-corrected chi connectivity index (χ0v) is 16.2. The SMILES string of the molecule is CC(c1cccnc1)N(C)S(=O)(=O)c1ccc(OCc2ncnn2C)cc1. The lowest BCUT2D eigenvalue weighted by Crippen LogP contribution is -2.29. The van der Waals surface area contributed by atoms with E-state index in [0.717, 1.165) is 5.56 Å². The van der Waals surface area contributed by atoms with Gasteiger partial charge in [-0.3, -0.25) is 9.67 Å². The molecule has 2 aromatic heterocycles. The summed E-state index contributed by atoms with van der Waals surface area (Å²) in [7, 11) is -0.305. The van der Waals surface area contributed by atoms with Gasteiger partial charge in [0.15, 0.2) is 5.82 Å². The minimum absolute atomic E-state index is 0.201. The number of ether oxygens (including phenoxy) is 1. The van der Waals surface area contributed by atoms with E-state index < -0.39 is 10.0 Å². The number of nitrogens with zero attached hydrogens (tertiary/aromatic N) is 5. The maximum Gasteiger partial charge on any atom is 0.243 e. The highest BCUT2D eigenvalue weighted by molar-refractivity contribution is 7.89. The van der Waals surface area contributed by atoms with Crippen molar-refractivity contribution in [2.24, 2.45) is 7.05 Å². The van der Waals surface area contributed by atoms with Crippen LogP contribution in [0, 0.1) is 0 Å². The number of sulfonamides is 1. The fraction of sp³-hybridized carbons (Fsp3) is 0.278. The third-order valence-electron chi connectivity index (χ3n) is 4.39. The van der Waals surface area contributed by atoms with Gasteiger partial charge in [0.2, 0.25) is 10.0 Å². The summed E-state index contributed by atoms with van der Waals surface area (Å²) in [6, 6.07) is 9.64. The van der Waals surface area contributed by atoms with Crippen LogP contribution in [0.3, 0.4) is 0 Å². The Hall–Kier alpha value is -2.78. The number of hydrogen-bond donors (Lipinski definition) is 0. The van der Waals surface area contributed by atoms with E-state index >= 15 is 0 Å². The number of aryl methyl sites for hydroxylation is 1. The lowest BCUT2D eigenvalue weighted by molar-refractivity contribution is 0.289. The van der Waals surface area contributed by atoms with E-state index in [1.54, 1.807) is 49.4 Å². The molecule has 0 spiro atoms. The molecule has 27 heavy (non-hydrogen) atoms. The van der Waals surface area contributed by atoms with Crippen LogP contribution in [-0.4, -0.2) is 39.5 Å². The summed E-state index contributed by atoms with van der Waals surface area (Å²) in [6.45, 7) is 2.08. The van der Waals surface area contributed by atoms with Gasteiger partial charge in [-0.1, -0.05) is 6.07 Å². The Morgan fingerprint density at radius 1 is 1.22 bits per heavy atom. The van der Waals surface area contributed by atoms with Gasteiger partial charge in [-0.25, -0.2) is 13.4 Å². The number of pyridine rings is 1. The molecular weight excluding hydrogens is 366 g/mol. The lowest BCUT2D eigenvalue weighted by Gasteiger charge is -2.24. The summed E-state index contributed by atoms with van der Waals surface area (Å²) >= 11 is 0. The van der Waals surface area contributed by atoms with E-state index in [4.69, 9.17) is 4.74 Å². The Labute approximate surface area is 158 Å². The van der Waals surface area contributed by atoms with E-state index in [0.29, 0.717) is 11.6 Å². The molecule has 8 nitrogen and oxygen atoms in total. The van der Waals surface area contributed by atoms with Crippen LogP contribution in [0.25, 0.3) is 0 Å². The number of benzene rings is 1. The first-order chi connectivity index (χ1) is 12.9. The molecule has 0 radical (unpaired) electrons. The molecule has 1 aromatic carbocycles. The average Bonchev–Trinajstić information content (AvgIpc) is 3.11. The molecule has 0 amide bonds. The maximum atomic E-state index is 12.9. The molecule has 9 heteroatoms. The molecule has 0 bridgehead atoms. The molecule has 0 saturated carbocycles. The largest absolute Gasteiger partial charge is 0.486 e. The minimum Gasteiger partial charge on any atom is -0.486 e. The zero-order chi connectivity index (χ0) is 19.4. The standard InChI is InChI=1S/C18H21N5O3S/c1-14(15-5-4-10-19-11-15)23(3)27(24,25)17-8-6-16(7-9-17)26-12-18-20-13-21-22(18)2/h4-11,13-14H,12H2,1-3H3. The molecule has 2 heterocycles. The van der Waals surface area contributed by atoms with Gasteiger partial charge in [-0.2, -0.15) is 9.40 Å². The Kier molecular flexibility index (Phi) is 5.52. The fourth-order valence-electron chi connectivity index (χ4n) is 2.51. The van der Waals surface area contributed by atoms with E-state index in [-0.39, 0.29) is 17.5 Å². The molecule has 3 rings (SSSR count). The number of hydrogen-bond acceptors (Lipinski definition) is 6. The Morgan fingerprint density at radius 3 is 2.56 bits per heavy atom. The first-order valence-corrected chi connectivity index (χ1v) is 9.77. The molecule has 3 aromatic rings. The quantitative estimate of drug-likeness (QED) is 0.617. The summed E-state index contributed by atoms with van der Waals surface area (Å²) in [4.78, 5) is 8.33. The number of rotatable bonds is 7. The maximum absolute atomic E-state index is 12.9. The highest BCUT2D eigenvalue weighted by Crippen LogP contribution is 2.26. The van der Waals surface area contributed by atoms with Gasteiger partial charge in [0.25, 0.3) is 0 Å². The zero-order valence-electron chi connectivity index (χ0n) is 15.3. The molecule has 142 valence electrons. The molecule has 1 unspecified atom stereocenters. The molecule has 0 fully saturated rings. The van der Waals surface area contributed by atoms with Crippen LogP contribution in [0.15, 0.2) is 60.0 Å². The van der Waals surface area contributed by atoms with E-state index in [9.17, 15) is 8.42 Å². The van der Waals surface area contributed by atoms with Gasteiger partial charge in [0.1, 0.15) is 18.7 Å². The van der Waals surface area contributed by atoms with Crippen LogP contribution in [0.5, 0.6) is 5.75 Å². The molecule has 0 aliphatic carbocycles. The van der Waals surface area contributed by atoms with Crippen LogP contribution in [0.2, 0.25) is 0 Å². The van der Waals surface area contributed by atoms with Crippen molar-refractivity contribution in [2.45, 2.75) is 24.5 Å². The van der Waals surface area contributed by atoms with E-state index in [1.165, 1.54) is 22.8 Å². The van der Waals surface area contributed by atoms with Crippen LogP contribution in [0.1, 0.15) is 24.4 Å². The summed E-state index contributed by atoms with van der Waals surface area (Å²) in [6.07, 6.45) is 4.78. The van der Waals surface area contributed by atoms with Crippen LogP contribution >= 0.6 is 0 Å². The fourth-order valence-corrected chi connectivity index (χ4v) is 3.86. The van der Waals surface area contributed by atoms with Crippen molar-refractivity contribution in [3.8, 4) is 5.75 Å². The van der Waals surface area contributed by atoms with Gasteiger partial charge < -0.3 is 4.74 Å². The first kappa shape index (κ1) is 19.0. The van der Waals surface area contributed by atoms with Gasteiger partial charge in [-0.05, 0) is 42.8 Å². The Morgan fingerprint density at radius 2 is 1.96 bits per heavy atom. The predicted molar refractivity (Wildman–Crippen MR) is 99.4 cm³/mol. The summed E-state index contributed by atoms with van der Waals surface area (Å²) < 4.78 is 34.4. The van der Waals surface area contributed by atoms with Gasteiger partial charge in [-0.15, -0.1) is 0 Å². The minimum atomic E-state index is -3.64. The van der Waals surface area contributed by atoms with Crippen molar-refractivity contribution in [3.05, 3.63) is 66.5 Å². The highest BCUT2D eigenvalue weighted by atomic mass is 32.2. The topological polar surface area (TPSA) is 90.2 Å². The smallest absolute Gasteiger partial charge is 0.243 e. The van der Waals surface area contributed by atoms with Crippen LogP contribution in [0.4, 0.5) is 0 Å². The van der Waals surface area contributed by atoms with Crippen molar-refractivity contribution in [1.82, 2.24) is 24.1 Å². The molecule has 0 aliphatic rings. The van der Waals surface area contributed by atoms with Crippen molar-refractivity contribution in [1.29, 1.82) is 0 Å². The van der Waals surface area contributed by atoms with Gasteiger partial charge in [0, 0.05) is 32.5 Å². The first-order valence-electron chi connectivity index (χ1n) is 8.33. The van der Waals surface area contributed by atoms with Crippen molar-refractivity contribution < 1.29 is 13.2 Å². The predicted octanol–water partition coefficient (Wildman–Crippen LogP) is 2.17. The third kappa shape index (κ3) is 4.15. The lowest BCUT2D eigenvalue weighted by atomic mass is 10.1. The highest BCUT2D eigenvalue weighted by Gasteiger charge is 2.26. The second kappa shape index (κ2) is 7.85. The van der Waals surface area contributed by atoms with Crippen molar-refractivity contribution in [3.63, 3.8) is 0 Å². The van der Waals surface area contributed by atoms with Gasteiger partial charge in [0.05, 0.1) is 4.90 Å². The molecule has 0 aliphatic heterocycles. The second-order valence-electron chi connectivity index (χ2n) is 6.04. The summed E-state index contributed by atoms with van der Waals surface area (Å²) in [5, 5.41) is 3.97. The molecule has 0 saturated heterocycles.